The average Bonchev–Trinajstić information content (AvgIpc) is 1.11. The molecule has 2 rings (SSSR count). The predicted molar refractivity (Wildman–Crippen MR) is 377 cm³/mol. The normalized spacial score (nSPS) is 15.4. The van der Waals surface area contributed by atoms with Gasteiger partial charge in [-0.3, -0.25) is 67.1 Å². The number of unbranched alkanes of at least 4 members (excludes halogenated alkanes) is 5. The number of benzene rings is 1. The van der Waals surface area contributed by atoms with E-state index in [1.807, 2.05) is 0 Å². The Bertz CT molecular complexity index is 2940. The Labute approximate surface area is 603 Å². The molecule has 1 aromatic carbocycles. The van der Waals surface area contributed by atoms with E-state index >= 15 is 0 Å². The highest BCUT2D eigenvalue weighted by Gasteiger charge is 2.38. The first-order chi connectivity index (χ1) is 49.1. The fraction of sp³-hybridized carbons (Fsp3) is 0.672. The molecule has 28 N–H and O–H groups in total. The van der Waals surface area contributed by atoms with Crippen LogP contribution in [0, 0.1) is 0 Å². The van der Waals surface area contributed by atoms with Gasteiger partial charge in [-0.05, 0) is 166 Å². The van der Waals surface area contributed by atoms with E-state index < -0.39 is 194 Å². The van der Waals surface area contributed by atoms with Crippen molar-refractivity contribution in [1.82, 2.24) is 68.7 Å². The highest BCUT2D eigenvalue weighted by Crippen LogP contribution is 2.19. The third-order valence-corrected chi connectivity index (χ3v) is 16.8. The summed E-state index contributed by atoms with van der Waals surface area (Å²) in [6.45, 7) is -0.445. The van der Waals surface area contributed by atoms with Crippen LogP contribution < -0.4 is 98.2 Å². The fourth-order valence-electron chi connectivity index (χ4n) is 10.5. The maximum Gasteiger partial charge on any atom is 0.326 e. The van der Waals surface area contributed by atoms with Crippen LogP contribution in [0.5, 0.6) is 5.75 Å². The van der Waals surface area contributed by atoms with Crippen LogP contribution in [0.1, 0.15) is 134 Å². The number of carboxylic acid groups (broad SMARTS) is 2. The maximum atomic E-state index is 14.4. The minimum atomic E-state index is -1.58. The van der Waals surface area contributed by atoms with E-state index in [1.165, 1.54) is 31.2 Å². The number of nitrogens with zero attached hydrogens (tertiary/aromatic N) is 1. The lowest BCUT2D eigenvalue weighted by atomic mass is 10.0. The molecule has 0 spiro atoms. The monoisotopic (exact) mass is 1480 g/mol. The Morgan fingerprint density at radius 1 is 0.476 bits per heavy atom. The second-order valence-corrected chi connectivity index (χ2v) is 25.1. The molecule has 1 fully saturated rings. The molecule has 1 aliphatic rings. The van der Waals surface area contributed by atoms with Crippen LogP contribution in [0.4, 0.5) is 0 Å². The van der Waals surface area contributed by atoms with E-state index in [1.54, 1.807) is 0 Å². The zero-order valence-electron chi connectivity index (χ0n) is 58.4. The van der Waals surface area contributed by atoms with Gasteiger partial charge in [0.05, 0.1) is 32.3 Å². The summed E-state index contributed by atoms with van der Waals surface area (Å²) in [6, 6.07) is -9.06. The molecule has 0 bridgehead atoms. The molecule has 38 nitrogen and oxygen atoms in total. The summed E-state index contributed by atoms with van der Waals surface area (Å²) in [4.78, 5) is 201. The third kappa shape index (κ3) is 35.3. The number of aromatic hydroxyl groups is 1. The Morgan fingerprint density at radius 2 is 0.883 bits per heavy atom. The number of likely N-dealkylation sites (tertiary alicyclic amines) is 1. The molecule has 11 atom stereocenters. The molecule has 0 aliphatic carbocycles. The van der Waals surface area contributed by atoms with Crippen molar-refractivity contribution >= 4 is 101 Å². The van der Waals surface area contributed by atoms with Crippen molar-refractivity contribution in [1.29, 1.82) is 0 Å². The predicted octanol–water partition coefficient (Wildman–Crippen LogP) is -7.50. The number of hydrogen-bond donors (Lipinski definition) is 23. The summed E-state index contributed by atoms with van der Waals surface area (Å²) in [7, 11) is 0. The number of amides is 13. The van der Waals surface area contributed by atoms with E-state index in [2.05, 4.69) is 76.4 Å². The Hall–Kier alpha value is -8.86. The number of hydrogen-bond acceptors (Lipinski definition) is 24. The lowest BCUT2D eigenvalue weighted by Crippen LogP contribution is -2.59. The van der Waals surface area contributed by atoms with Gasteiger partial charge in [0.1, 0.15) is 66.2 Å². The minimum absolute atomic E-state index is 0.00980. The van der Waals surface area contributed by atoms with E-state index in [0.29, 0.717) is 82.7 Å². The van der Waals surface area contributed by atoms with E-state index in [-0.39, 0.29) is 89.2 Å². The highest BCUT2D eigenvalue weighted by molar-refractivity contribution is 7.80. The van der Waals surface area contributed by atoms with Crippen LogP contribution in [0.25, 0.3) is 0 Å². The van der Waals surface area contributed by atoms with Crippen LogP contribution in [0.15, 0.2) is 24.3 Å². The van der Waals surface area contributed by atoms with Gasteiger partial charge in [-0.15, -0.1) is 0 Å². The molecule has 0 radical (unpaired) electrons. The number of nitrogens with one attached hydrogen (secondary N) is 12. The van der Waals surface area contributed by atoms with Crippen LogP contribution >= 0.6 is 12.6 Å². The van der Waals surface area contributed by atoms with Crippen LogP contribution in [-0.2, 0) is 78.3 Å². The van der Waals surface area contributed by atoms with Gasteiger partial charge in [0.15, 0.2) is 0 Å². The summed E-state index contributed by atoms with van der Waals surface area (Å²) in [5.41, 5.74) is 34.8. The molecule has 580 valence electrons. The Morgan fingerprint density at radius 3 is 1.34 bits per heavy atom. The highest BCUT2D eigenvalue weighted by atomic mass is 32.1. The van der Waals surface area contributed by atoms with E-state index in [4.69, 9.17) is 39.5 Å². The number of carbonyl (C=O) groups excluding carboxylic acids is 13. The zero-order chi connectivity index (χ0) is 77.0. The lowest BCUT2D eigenvalue weighted by molar-refractivity contribution is -0.145. The van der Waals surface area contributed by atoms with Crippen molar-refractivity contribution in [2.75, 3.05) is 71.3 Å². The number of aliphatic hydroxyl groups excluding tert-OH is 1. The number of carboxylic acids is 2. The Balaban J connectivity index is 2.27. The number of phenolic OH excluding ortho intramolecular Hbond substituents is 1. The van der Waals surface area contributed by atoms with Gasteiger partial charge in [-0.1, -0.05) is 18.6 Å². The molecule has 103 heavy (non-hydrogen) atoms. The van der Waals surface area contributed by atoms with Gasteiger partial charge >= 0.3 is 11.9 Å². The summed E-state index contributed by atoms with van der Waals surface area (Å²) < 4.78 is 0. The van der Waals surface area contributed by atoms with Crippen molar-refractivity contribution in [3.63, 3.8) is 0 Å². The van der Waals surface area contributed by atoms with Crippen molar-refractivity contribution in [3.8, 4) is 5.75 Å². The average molecular weight is 1480 g/mol. The molecule has 1 heterocycles. The largest absolute Gasteiger partial charge is 0.508 e. The number of aliphatic hydroxyl groups is 1. The molecular formula is C64H109N19O19S. The Kier molecular flexibility index (Phi) is 44.2. The number of thiol groups is 1. The van der Waals surface area contributed by atoms with Gasteiger partial charge in [0, 0.05) is 25.1 Å². The van der Waals surface area contributed by atoms with Crippen molar-refractivity contribution in [3.05, 3.63) is 29.8 Å². The molecular weight excluding hydrogens is 1370 g/mol. The number of phenols is 1. The summed E-state index contributed by atoms with van der Waals surface area (Å²) in [6.07, 6.45) is 3.62. The SMILES string of the molecule is C[C@H](NC(=O)[C@@H](N)CCCCN)C(=O)N[C@@H](CO)C(=O)NCC(=O)N[C@@H](CCCCN)C(=O)N[C@@H](CCCCN)C(=O)N[C@@H](Cc1ccc(O)cc1)C(=O)NCC(=O)N[C@@H](CS)C(=O)N[C@@H](CCCCN)C(=O)N[C@@H](CCCCN)C(=O)NCC(=O)N1CCC[C@H]1C(=O)N[C@@H](CCC(=O)O)C(=O)O. The first kappa shape index (κ1) is 90.2. The first-order valence-electron chi connectivity index (χ1n) is 34.6. The molecule has 0 aromatic heterocycles. The van der Waals surface area contributed by atoms with Crippen LogP contribution in [-0.4, -0.2) is 252 Å². The van der Waals surface area contributed by atoms with Crippen molar-refractivity contribution in [2.24, 2.45) is 34.4 Å². The molecule has 1 saturated heterocycles. The van der Waals surface area contributed by atoms with Gasteiger partial charge in [0.25, 0.3) is 0 Å². The smallest absolute Gasteiger partial charge is 0.326 e. The van der Waals surface area contributed by atoms with Gasteiger partial charge < -0.3 is 124 Å². The lowest BCUT2D eigenvalue weighted by Gasteiger charge is -2.27. The number of rotatable bonds is 53. The topological polar surface area (TPSA) is 641 Å². The maximum absolute atomic E-state index is 14.4. The first-order valence-corrected chi connectivity index (χ1v) is 35.3. The second-order valence-electron chi connectivity index (χ2n) is 24.8. The summed E-state index contributed by atoms with van der Waals surface area (Å²) in [5.74, 6) is -14.3. The summed E-state index contributed by atoms with van der Waals surface area (Å²) in [5, 5.41) is 68.3. The van der Waals surface area contributed by atoms with E-state index in [9.17, 15) is 87.2 Å². The zero-order valence-corrected chi connectivity index (χ0v) is 59.2. The van der Waals surface area contributed by atoms with Gasteiger partial charge in [-0.2, -0.15) is 12.6 Å². The molecule has 0 unspecified atom stereocenters. The molecule has 13 amide bonds. The minimum Gasteiger partial charge on any atom is -0.508 e. The van der Waals surface area contributed by atoms with Crippen LogP contribution in [0.3, 0.4) is 0 Å². The summed E-state index contributed by atoms with van der Waals surface area (Å²) >= 11 is 4.25. The third-order valence-electron chi connectivity index (χ3n) is 16.5. The van der Waals surface area contributed by atoms with Crippen molar-refractivity contribution in [2.45, 2.75) is 202 Å². The molecule has 39 heteroatoms. The molecule has 0 saturated carbocycles. The second kappa shape index (κ2) is 50.5. The van der Waals surface area contributed by atoms with Crippen molar-refractivity contribution < 1.29 is 92.3 Å². The fourth-order valence-corrected chi connectivity index (χ4v) is 10.8. The quantitative estimate of drug-likeness (QED) is 0.0213. The number of carbonyl (C=O) groups is 15. The molecule has 1 aromatic rings. The van der Waals surface area contributed by atoms with Gasteiger partial charge in [-0.25, -0.2) is 4.79 Å². The standard InChI is InChI=1S/C64H109N19O19S/c1-37(74-55(92)40(70)13-2-7-25-65)54(91)82-47(35-84)58(95)72-32-50(86)75-42(15-4-9-27-67)59(96)78-44(17-6-11-29-69)61(98)81-46(31-38-19-21-39(85)22-20-38)57(94)71-33-51(87)76-48(36-103)62(99)79-43(16-5-10-28-68)60(97)77-41(14-3-8-26-66)56(93)73-34-52(88)83-30-12-18-49(83)63(100)80-45(64(101)102)23-24-53(89)90/h19-22,37,40-49,84-85,103H,2-18,23-36,65-70H2,1H3,(H,71,94)(H,72,95)(H,73,93)(H,74,92)(H,75,86)(H,76,87)(H,77,97)(H,78,96)(H,79,99)(H,80,100)(H,81,98)(H,82,91)(H,89,90)(H,101,102)/t37-,40-,41-,42-,43-,44-,45-,46-,47-,48-,49-/m0/s1. The van der Waals surface area contributed by atoms with E-state index in [0.717, 1.165) is 4.90 Å². The molecule has 1 aliphatic heterocycles. The van der Waals surface area contributed by atoms with Gasteiger partial charge in [0.2, 0.25) is 76.8 Å². The number of nitrogens with two attached hydrogens (primary N) is 6. The van der Waals surface area contributed by atoms with Crippen LogP contribution in [0.2, 0.25) is 0 Å². The number of aliphatic carboxylic acids is 2.